The molecule has 2 aliphatic carbocycles. The summed E-state index contributed by atoms with van der Waals surface area (Å²) in [5.74, 6) is 1.44. The number of halogens is 1. The van der Waals surface area contributed by atoms with Crippen molar-refractivity contribution in [3.05, 3.63) is 118 Å². The first-order valence-corrected chi connectivity index (χ1v) is 17.2. The molecule has 234 valence electrons. The van der Waals surface area contributed by atoms with E-state index >= 15 is 0 Å². The molecule has 2 aliphatic rings. The van der Waals surface area contributed by atoms with E-state index in [0.29, 0.717) is 5.92 Å². The predicted molar refractivity (Wildman–Crippen MR) is 192 cm³/mol. The van der Waals surface area contributed by atoms with E-state index in [1.807, 2.05) is 24.4 Å². The van der Waals surface area contributed by atoms with Crippen LogP contribution in [0.1, 0.15) is 85.5 Å². The Labute approximate surface area is 295 Å². The molecular formula is C40H44BrN4Zn-. The van der Waals surface area contributed by atoms with Gasteiger partial charge in [0.2, 0.25) is 0 Å². The fourth-order valence-corrected chi connectivity index (χ4v) is 8.17. The number of benzene rings is 2. The third kappa shape index (κ3) is 7.24. The largest absolute Gasteiger partial charge is 0.394 e. The van der Waals surface area contributed by atoms with Gasteiger partial charge in [-0.1, -0.05) is 68.4 Å². The molecule has 0 N–H and O–H groups in total. The Balaban J connectivity index is 0.000000154. The fraction of sp³-hybridized carbons (Fsp3) is 0.350. The van der Waals surface area contributed by atoms with Crippen LogP contribution in [-0.4, -0.2) is 19.1 Å². The van der Waals surface area contributed by atoms with Gasteiger partial charge in [-0.15, -0.1) is 0 Å². The van der Waals surface area contributed by atoms with Gasteiger partial charge in [0.25, 0.3) is 0 Å². The molecule has 4 nitrogen and oxygen atoms in total. The third-order valence-corrected chi connectivity index (χ3v) is 10.6. The molecular weight excluding hydrogens is 682 g/mol. The molecule has 4 aromatic heterocycles. The van der Waals surface area contributed by atoms with E-state index in [4.69, 9.17) is 0 Å². The van der Waals surface area contributed by atoms with Gasteiger partial charge in [0.05, 0.1) is 16.0 Å². The van der Waals surface area contributed by atoms with Crippen molar-refractivity contribution in [1.29, 1.82) is 0 Å². The first kappa shape index (κ1) is 34.3. The van der Waals surface area contributed by atoms with E-state index in [0.717, 1.165) is 11.6 Å². The normalized spacial score (nSPS) is 14.9. The van der Waals surface area contributed by atoms with Crippen LogP contribution in [0.2, 0.25) is 0 Å². The van der Waals surface area contributed by atoms with E-state index in [1.165, 1.54) is 100 Å². The second-order valence-electron chi connectivity index (χ2n) is 12.8. The van der Waals surface area contributed by atoms with Crippen molar-refractivity contribution in [1.82, 2.24) is 19.1 Å². The van der Waals surface area contributed by atoms with Crippen LogP contribution >= 0.6 is 15.9 Å². The average Bonchev–Trinajstić information content (AvgIpc) is 3.88. The molecule has 2 saturated carbocycles. The van der Waals surface area contributed by atoms with Crippen molar-refractivity contribution in [2.45, 2.75) is 77.0 Å². The number of hydrogen-bond acceptors (Lipinski definition) is 2. The summed E-state index contributed by atoms with van der Waals surface area (Å²) in [7, 11) is 4.34. The van der Waals surface area contributed by atoms with Gasteiger partial charge in [0, 0.05) is 61.6 Å². The molecule has 46 heavy (non-hydrogen) atoms. The third-order valence-electron chi connectivity index (χ3n) is 9.67. The van der Waals surface area contributed by atoms with Gasteiger partial charge >= 0.3 is 0 Å². The van der Waals surface area contributed by atoms with Crippen molar-refractivity contribution in [2.75, 3.05) is 0 Å². The minimum Gasteiger partial charge on any atom is -0.394 e. The zero-order valence-corrected chi connectivity index (χ0v) is 32.3. The maximum Gasteiger partial charge on any atom is 0.0890 e. The molecule has 0 amide bonds. The summed E-state index contributed by atoms with van der Waals surface area (Å²) in [5.41, 5.74) is 10.8. The molecule has 0 atom stereocenters. The number of aromatic nitrogens is 4. The Kier molecular flexibility index (Phi) is 11.7. The Morgan fingerprint density at radius 3 is 1.76 bits per heavy atom. The molecule has 0 unspecified atom stereocenters. The quantitative estimate of drug-likeness (QED) is 0.134. The minimum absolute atomic E-state index is 0. The molecule has 8 rings (SSSR count). The molecule has 0 aliphatic heterocycles. The number of rotatable bonds is 3. The van der Waals surface area contributed by atoms with E-state index in [1.54, 1.807) is 17.8 Å². The van der Waals surface area contributed by atoms with Gasteiger partial charge in [-0.25, -0.2) is 0 Å². The molecule has 0 bridgehead atoms. The topological polar surface area (TPSA) is 35.6 Å². The summed E-state index contributed by atoms with van der Waals surface area (Å²) in [5, 5.41) is 2.86. The minimum atomic E-state index is 0. The van der Waals surface area contributed by atoms with Gasteiger partial charge in [-0.3, -0.25) is 4.98 Å². The van der Waals surface area contributed by atoms with E-state index in [9.17, 15) is 0 Å². The summed E-state index contributed by atoms with van der Waals surface area (Å²) in [6, 6.07) is 25.4. The van der Waals surface area contributed by atoms with Crippen LogP contribution in [0, 0.1) is 20.0 Å². The van der Waals surface area contributed by atoms with Crippen LogP contribution in [0.4, 0.5) is 0 Å². The number of fused-ring (bicyclic) bond motifs is 2. The smallest absolute Gasteiger partial charge is 0.0890 e. The van der Waals surface area contributed by atoms with Gasteiger partial charge in [0.1, 0.15) is 0 Å². The number of aryl methyl sites for hydroxylation is 4. The summed E-state index contributed by atoms with van der Waals surface area (Å²) >= 11 is 3.79. The van der Waals surface area contributed by atoms with Crippen LogP contribution in [0.3, 0.4) is 0 Å². The number of nitrogens with zero attached hydrogens (tertiary/aromatic N) is 4. The van der Waals surface area contributed by atoms with Crippen LogP contribution in [-0.2, 0) is 33.6 Å². The Morgan fingerprint density at radius 2 is 1.26 bits per heavy atom. The van der Waals surface area contributed by atoms with E-state index < -0.39 is 0 Å². The Bertz CT molecular complexity index is 1840. The standard InChI is InChI=1S/C20H22N2.C15H18BrN.C5H4N.Zn/c1-14-10-11-16-18(13-14)22(2)20(17-9-5-6-12-21-17)19(16)15-7-3-4-8-15;1-10-7-8-12-13(9-10)17(2)15(16)14(12)11-5-3-4-6-11;1-2-4-6-5-3-1;/h5-6,9-13,15H,3-4,7-8H2,1-2H3;7-9,11H,3-6H2,1-2H3;1-4H;/q;;-1;. The second kappa shape index (κ2) is 15.7. The van der Waals surface area contributed by atoms with Crippen molar-refractivity contribution in [2.24, 2.45) is 14.1 Å². The Morgan fingerprint density at radius 1 is 0.696 bits per heavy atom. The summed E-state index contributed by atoms with van der Waals surface area (Å²) in [4.78, 5) is 8.30. The van der Waals surface area contributed by atoms with Gasteiger partial charge in [-0.2, -0.15) is 18.2 Å². The molecule has 2 fully saturated rings. The maximum absolute atomic E-state index is 4.64. The summed E-state index contributed by atoms with van der Waals surface area (Å²) in [6.07, 6.45) is 17.1. The SMILES string of the molecule is Cc1ccc2c(C3CCCC3)c(-c3ccccn3)n(C)c2c1.Cc1ccc2c(C3CCCC3)c(Br)n(C)c2c1.[Zn].[c-]1ccccn1. The molecule has 6 heteroatoms. The Hall–Kier alpha value is -3.08. The first-order valence-electron chi connectivity index (χ1n) is 16.5. The zero-order chi connectivity index (χ0) is 31.3. The monoisotopic (exact) mass is 723 g/mol. The molecule has 4 heterocycles. The number of hydrogen-bond donors (Lipinski definition) is 0. The van der Waals surface area contributed by atoms with Crippen molar-refractivity contribution in [3.8, 4) is 11.4 Å². The maximum atomic E-state index is 4.64. The molecule has 2 aromatic carbocycles. The predicted octanol–water partition coefficient (Wildman–Crippen LogP) is 11.0. The van der Waals surface area contributed by atoms with Crippen LogP contribution in [0.5, 0.6) is 0 Å². The fourth-order valence-electron chi connectivity index (χ4n) is 7.44. The van der Waals surface area contributed by atoms with Crippen molar-refractivity contribution in [3.63, 3.8) is 0 Å². The van der Waals surface area contributed by atoms with Gasteiger partial charge < -0.3 is 14.1 Å². The average molecular weight is 726 g/mol. The molecule has 0 saturated heterocycles. The molecule has 0 spiro atoms. The molecule has 0 radical (unpaired) electrons. The number of pyridine rings is 2. The van der Waals surface area contributed by atoms with Crippen LogP contribution in [0.15, 0.2) is 89.8 Å². The van der Waals surface area contributed by atoms with Gasteiger partial charge in [0.15, 0.2) is 0 Å². The van der Waals surface area contributed by atoms with Gasteiger partial charge in [-0.05, 0) is 114 Å². The van der Waals surface area contributed by atoms with Crippen LogP contribution in [0.25, 0.3) is 33.2 Å². The van der Waals surface area contributed by atoms with Crippen molar-refractivity contribution < 1.29 is 19.5 Å². The van der Waals surface area contributed by atoms with Crippen molar-refractivity contribution >= 4 is 37.7 Å². The van der Waals surface area contributed by atoms with Crippen LogP contribution < -0.4 is 0 Å². The second-order valence-corrected chi connectivity index (χ2v) is 13.5. The van der Waals surface area contributed by atoms with E-state index in [-0.39, 0.29) is 19.5 Å². The summed E-state index contributed by atoms with van der Waals surface area (Å²) in [6.45, 7) is 4.33. The first-order chi connectivity index (χ1) is 21.9. The zero-order valence-electron chi connectivity index (χ0n) is 27.8. The van der Waals surface area contributed by atoms with E-state index in [2.05, 4.69) is 118 Å². The molecule has 6 aromatic rings. The summed E-state index contributed by atoms with van der Waals surface area (Å²) < 4.78 is 5.92.